The highest BCUT2D eigenvalue weighted by Gasteiger charge is 2.55. The van der Waals surface area contributed by atoms with Gasteiger partial charge in [-0.15, -0.1) is 23.1 Å². The number of β-lactam (4-membered cyclic amide) rings is 1. The molecule has 5 aliphatic rings. The van der Waals surface area contributed by atoms with Gasteiger partial charge < -0.3 is 41.9 Å². The Morgan fingerprint density at radius 3 is 2.41 bits per heavy atom. The Hall–Kier alpha value is -5.12. The molecule has 7 rings (SSSR count). The number of phenolic OH excluding ortho intramolecular Hbond substituents is 2. The summed E-state index contributed by atoms with van der Waals surface area (Å²) in [6.45, 7) is 2.28. The fourth-order valence-electron chi connectivity index (χ4n) is 7.98. The van der Waals surface area contributed by atoms with E-state index in [1.807, 2.05) is 0 Å². The van der Waals surface area contributed by atoms with Crippen LogP contribution in [0, 0.1) is 0 Å². The highest BCUT2D eigenvalue weighted by molar-refractivity contribution is 8.00. The van der Waals surface area contributed by atoms with Crippen LogP contribution in [-0.4, -0.2) is 143 Å². The second-order valence-electron chi connectivity index (χ2n) is 14.0. The molecule has 7 amide bonds. The molecule has 19 nitrogen and oxygen atoms in total. The lowest BCUT2D eigenvalue weighted by atomic mass is 9.95. The molecule has 56 heavy (non-hydrogen) atoms. The molecule has 0 saturated carbocycles. The molecule has 0 radical (unpaired) electrons. The number of aliphatic carboxylic acids is 1. The third-order valence-corrected chi connectivity index (χ3v) is 13.2. The van der Waals surface area contributed by atoms with Crippen LogP contribution in [0.5, 0.6) is 11.5 Å². The van der Waals surface area contributed by atoms with E-state index in [0.717, 1.165) is 29.1 Å². The van der Waals surface area contributed by atoms with Crippen molar-refractivity contribution in [1.29, 1.82) is 0 Å². The summed E-state index contributed by atoms with van der Waals surface area (Å²) in [6.07, 6.45) is 2.80. The molecule has 4 saturated heterocycles. The van der Waals surface area contributed by atoms with E-state index >= 15 is 0 Å². The fourth-order valence-corrected chi connectivity index (χ4v) is 10.2. The molecule has 1 aromatic heterocycles. The topological polar surface area (TPSA) is 268 Å². The van der Waals surface area contributed by atoms with E-state index in [9.17, 15) is 48.9 Å². The number of carboxylic acid groups (broad SMARTS) is 1. The number of hydrogen-bond acceptors (Lipinski definition) is 14. The van der Waals surface area contributed by atoms with Crippen molar-refractivity contribution in [1.82, 2.24) is 40.5 Å². The molecule has 2 bridgehead atoms. The minimum absolute atomic E-state index is 0.0166. The monoisotopic (exact) mass is 831 g/mol. The van der Waals surface area contributed by atoms with Gasteiger partial charge in [0.15, 0.2) is 22.7 Å². The zero-order chi connectivity index (χ0) is 40.2. The number of nitrogens with two attached hydrogens (primary N) is 1. The van der Waals surface area contributed by atoms with Gasteiger partial charge in [-0.25, -0.2) is 14.6 Å². The van der Waals surface area contributed by atoms with Crippen molar-refractivity contribution in [2.75, 3.05) is 37.7 Å². The molecule has 0 aliphatic carbocycles. The Bertz CT molecular complexity index is 2050. The maximum atomic E-state index is 13.7. The Morgan fingerprint density at radius 1 is 1.05 bits per heavy atom. The average molecular weight is 832 g/mol. The number of piperidine rings is 1. The van der Waals surface area contributed by atoms with Gasteiger partial charge in [-0.3, -0.25) is 38.7 Å². The number of likely N-dealkylation sites (N-methyl/N-ethyl adjacent to an activating group) is 1. The summed E-state index contributed by atoms with van der Waals surface area (Å²) in [5.74, 6) is -5.97. The molecule has 298 valence electrons. The van der Waals surface area contributed by atoms with Crippen molar-refractivity contribution < 1.29 is 48.9 Å². The van der Waals surface area contributed by atoms with Crippen LogP contribution >= 0.6 is 34.7 Å². The number of fused-ring (bicyclic) bond motifs is 3. The van der Waals surface area contributed by atoms with Crippen molar-refractivity contribution in [2.45, 2.75) is 68.2 Å². The van der Waals surface area contributed by atoms with E-state index in [2.05, 4.69) is 25.8 Å². The molecule has 4 fully saturated rings. The first-order valence-electron chi connectivity index (χ1n) is 17.8. The largest absolute Gasteiger partial charge is 0.504 e. The summed E-state index contributed by atoms with van der Waals surface area (Å²) >= 11 is 8.38. The maximum absolute atomic E-state index is 13.7. The zero-order valence-electron chi connectivity index (χ0n) is 29.8. The minimum atomic E-state index is -1.50. The lowest BCUT2D eigenvalue weighted by Crippen LogP contribution is -2.71. The number of hydrogen-bond donors (Lipinski definition) is 7. The van der Waals surface area contributed by atoms with Crippen LogP contribution < -0.4 is 21.7 Å². The van der Waals surface area contributed by atoms with Gasteiger partial charge in [-0.2, -0.15) is 0 Å². The molecule has 6 heterocycles. The Balaban J connectivity index is 1.01. The molecule has 5 aliphatic heterocycles. The maximum Gasteiger partial charge on any atom is 0.352 e. The van der Waals surface area contributed by atoms with Crippen LogP contribution in [0.25, 0.3) is 0 Å². The smallest absolute Gasteiger partial charge is 0.352 e. The van der Waals surface area contributed by atoms with E-state index in [0.29, 0.717) is 23.3 Å². The lowest BCUT2D eigenvalue weighted by molar-refractivity contribution is -0.153. The number of nitrogen functional groups attached to an aromatic ring is 1. The number of benzene rings is 1. The van der Waals surface area contributed by atoms with E-state index in [-0.39, 0.29) is 77.2 Å². The number of carbonyl (C=O) groups is 7. The van der Waals surface area contributed by atoms with Gasteiger partial charge in [0.25, 0.3) is 11.8 Å². The average Bonchev–Trinajstić information content (AvgIpc) is 3.69. The standard InChI is InChI=1S/C34H38ClN9O10S2/c1-2-41-7-8-42(30(51)29(41)50)34(54)40-22(19-13-56-33(36)38-19)27(48)39-23-28(49)44-24(32(52)53)14(12-55-31(23)44)11-43-16-3-4-17(43)10-15(9-16)37-26(47)18-5-6-20(45)25(46)21(18)35/h5-6,13,15-17,22-23,31,45-46H,2-4,7-12H2,1H3,(H2,36,38)(H,37,47)(H,39,48)(H,40,54)(H,52,53)/t15?,16-,17+,22-,23-,31-/m1/s1. The number of phenols is 2. The highest BCUT2D eigenvalue weighted by atomic mass is 35.5. The number of amides is 7. The molecule has 22 heteroatoms. The third kappa shape index (κ3) is 7.07. The van der Waals surface area contributed by atoms with Crippen molar-refractivity contribution in [3.63, 3.8) is 0 Å². The van der Waals surface area contributed by atoms with Gasteiger partial charge in [0.05, 0.1) is 16.3 Å². The highest BCUT2D eigenvalue weighted by Crippen LogP contribution is 2.43. The van der Waals surface area contributed by atoms with E-state index in [1.165, 1.54) is 34.2 Å². The number of halogens is 1. The van der Waals surface area contributed by atoms with Crippen molar-refractivity contribution >= 4 is 81.4 Å². The summed E-state index contributed by atoms with van der Waals surface area (Å²) in [5, 5.41) is 38.5. The number of rotatable bonds is 10. The van der Waals surface area contributed by atoms with Crippen LogP contribution in [0.4, 0.5) is 9.93 Å². The van der Waals surface area contributed by atoms with E-state index in [1.54, 1.807) is 6.92 Å². The van der Waals surface area contributed by atoms with Crippen LogP contribution in [-0.2, 0) is 24.0 Å². The van der Waals surface area contributed by atoms with E-state index in [4.69, 9.17) is 17.3 Å². The third-order valence-electron chi connectivity index (χ3n) is 10.8. The number of anilines is 1. The first-order valence-corrected chi connectivity index (χ1v) is 20.1. The molecule has 0 spiro atoms. The summed E-state index contributed by atoms with van der Waals surface area (Å²) in [6, 6.07) is -1.33. The number of nitrogens with one attached hydrogen (secondary N) is 3. The predicted octanol–water partition coefficient (Wildman–Crippen LogP) is 0.395. The Morgan fingerprint density at radius 2 is 1.77 bits per heavy atom. The van der Waals surface area contributed by atoms with Crippen molar-refractivity contribution in [3.8, 4) is 11.5 Å². The lowest BCUT2D eigenvalue weighted by Gasteiger charge is -2.50. The van der Waals surface area contributed by atoms with Crippen LogP contribution in [0.1, 0.15) is 54.7 Å². The number of carbonyl (C=O) groups excluding carboxylic acids is 6. The van der Waals surface area contributed by atoms with E-state index < -0.39 is 70.5 Å². The van der Waals surface area contributed by atoms with Crippen LogP contribution in [0.2, 0.25) is 5.02 Å². The number of urea groups is 1. The number of aromatic hydroxyl groups is 2. The Kier molecular flexibility index (Phi) is 10.8. The zero-order valence-corrected chi connectivity index (χ0v) is 32.2. The van der Waals surface area contributed by atoms with Crippen LogP contribution in [0.3, 0.4) is 0 Å². The molecule has 1 unspecified atom stereocenters. The number of carboxylic acids is 1. The number of aromatic nitrogens is 1. The predicted molar refractivity (Wildman–Crippen MR) is 200 cm³/mol. The normalized spacial score (nSPS) is 25.4. The van der Waals surface area contributed by atoms with Gasteiger partial charge in [0.2, 0.25) is 5.91 Å². The van der Waals surface area contributed by atoms with Gasteiger partial charge in [0, 0.05) is 55.4 Å². The van der Waals surface area contributed by atoms with Crippen molar-refractivity contribution in [3.05, 3.63) is 45.1 Å². The molecule has 8 N–H and O–H groups in total. The number of thioether (sulfide) groups is 1. The summed E-state index contributed by atoms with van der Waals surface area (Å²) in [7, 11) is 0. The quantitative estimate of drug-likeness (QED) is 0.0971. The minimum Gasteiger partial charge on any atom is -0.504 e. The molecular formula is C34H38ClN9O10S2. The van der Waals surface area contributed by atoms with Gasteiger partial charge >= 0.3 is 23.8 Å². The number of nitrogens with zero attached hydrogens (tertiary/aromatic N) is 5. The molecule has 2 aromatic rings. The van der Waals surface area contributed by atoms with Gasteiger partial charge in [-0.05, 0) is 50.3 Å². The number of piperazine rings is 1. The first kappa shape index (κ1) is 39.1. The second kappa shape index (κ2) is 15.4. The molecule has 1 aromatic carbocycles. The van der Waals surface area contributed by atoms with Gasteiger partial charge in [0.1, 0.15) is 17.1 Å². The summed E-state index contributed by atoms with van der Waals surface area (Å²) in [5.41, 5.74) is 6.24. The number of imide groups is 1. The first-order chi connectivity index (χ1) is 26.7. The molecular weight excluding hydrogens is 794 g/mol. The summed E-state index contributed by atoms with van der Waals surface area (Å²) in [4.78, 5) is 101. The fraction of sp³-hybridized carbons (Fsp3) is 0.471. The Labute approximate surface area is 332 Å². The van der Waals surface area contributed by atoms with Crippen LogP contribution in [0.15, 0.2) is 28.8 Å². The summed E-state index contributed by atoms with van der Waals surface area (Å²) < 4.78 is 0. The second-order valence-corrected chi connectivity index (χ2v) is 16.4. The molecule has 6 atom stereocenters. The van der Waals surface area contributed by atoms with Gasteiger partial charge in [-0.1, -0.05) is 11.6 Å². The SMILES string of the molecule is CCN1CCN(C(=O)N[C@@H](C(=O)N[C@@H]2C(=O)N3C(C(=O)O)=C(CN4[C@@H]5CC[C@H]4CC(NC(=O)c4ccc(O)c(O)c4Cl)C5)CS[C@H]23)c2csc(N)n2)C(=O)C1=O. The van der Waals surface area contributed by atoms with Crippen molar-refractivity contribution in [2.24, 2.45) is 0 Å². The number of thiazole rings is 1.